The largest absolute Gasteiger partial charge is 0.407 e. The van der Waals surface area contributed by atoms with E-state index in [2.05, 4.69) is 27.6 Å². The first-order chi connectivity index (χ1) is 10.6. The molecule has 1 unspecified atom stereocenters. The average Bonchev–Trinajstić information content (AvgIpc) is 3.07. The predicted molar refractivity (Wildman–Crippen MR) is 81.4 cm³/mol. The number of nitrogens with one attached hydrogen (secondary N) is 1. The molecule has 0 amide bonds. The summed E-state index contributed by atoms with van der Waals surface area (Å²) in [4.78, 5) is 0. The van der Waals surface area contributed by atoms with Crippen molar-refractivity contribution in [3.63, 3.8) is 0 Å². The Bertz CT molecular complexity index is 781. The van der Waals surface area contributed by atoms with Gasteiger partial charge < -0.3 is 9.73 Å². The van der Waals surface area contributed by atoms with Gasteiger partial charge in [-0.3, -0.25) is 0 Å². The first-order valence-electron chi connectivity index (χ1n) is 7.44. The van der Waals surface area contributed by atoms with Gasteiger partial charge in [0.05, 0.1) is 16.9 Å². The molecule has 1 N–H and O–H groups in total. The third-order valence-electron chi connectivity index (χ3n) is 4.47. The molecule has 0 radical (unpaired) electrons. The van der Waals surface area contributed by atoms with Gasteiger partial charge in [0, 0.05) is 6.04 Å². The Morgan fingerprint density at radius 1 is 1.18 bits per heavy atom. The molecule has 0 spiro atoms. The van der Waals surface area contributed by atoms with Gasteiger partial charge in [-0.1, -0.05) is 35.4 Å². The molecule has 1 aliphatic heterocycles. The molecular formula is C15H17N3O3S. The maximum atomic E-state index is 11.5. The summed E-state index contributed by atoms with van der Waals surface area (Å²) in [5, 5.41) is 11.3. The monoisotopic (exact) mass is 319 g/mol. The standard InChI is InChI=1S/C15H17N3O3S/c19-22(20)9-6-12(10-22)16-14-18-17-13(21-14)15(7-8-15)11-4-2-1-3-5-11/h1-5,12H,6-10H2,(H,16,18). The molecule has 0 bridgehead atoms. The first kappa shape index (κ1) is 13.8. The number of anilines is 1. The molecule has 1 atom stereocenters. The summed E-state index contributed by atoms with van der Waals surface area (Å²) in [6, 6.07) is 10.3. The second-order valence-corrected chi connectivity index (χ2v) is 8.33. The minimum absolute atomic E-state index is 0.133. The maximum absolute atomic E-state index is 11.5. The summed E-state index contributed by atoms with van der Waals surface area (Å²) in [5.41, 5.74) is 1.03. The van der Waals surface area contributed by atoms with Gasteiger partial charge in [0.15, 0.2) is 9.84 Å². The fourth-order valence-corrected chi connectivity index (χ4v) is 4.74. The average molecular weight is 319 g/mol. The number of rotatable bonds is 4. The van der Waals surface area contributed by atoms with Crippen LogP contribution in [0.3, 0.4) is 0 Å². The van der Waals surface area contributed by atoms with E-state index in [0.717, 1.165) is 12.8 Å². The molecule has 2 aliphatic rings. The van der Waals surface area contributed by atoms with Crippen LogP contribution in [0.5, 0.6) is 0 Å². The van der Waals surface area contributed by atoms with E-state index in [1.807, 2.05) is 18.2 Å². The zero-order valence-electron chi connectivity index (χ0n) is 12.0. The van der Waals surface area contributed by atoms with E-state index in [0.29, 0.717) is 18.3 Å². The summed E-state index contributed by atoms with van der Waals surface area (Å²) in [6.45, 7) is 0. The van der Waals surface area contributed by atoms with E-state index in [-0.39, 0.29) is 23.0 Å². The quantitative estimate of drug-likeness (QED) is 0.924. The number of sulfone groups is 1. The van der Waals surface area contributed by atoms with Gasteiger partial charge in [-0.05, 0) is 24.8 Å². The molecule has 2 aromatic rings. The molecule has 116 valence electrons. The summed E-state index contributed by atoms with van der Waals surface area (Å²) in [7, 11) is -2.92. The van der Waals surface area contributed by atoms with Gasteiger partial charge in [0.1, 0.15) is 0 Å². The van der Waals surface area contributed by atoms with E-state index in [9.17, 15) is 8.42 Å². The molecule has 1 aromatic heterocycles. The zero-order valence-corrected chi connectivity index (χ0v) is 12.8. The van der Waals surface area contributed by atoms with Crippen molar-refractivity contribution in [3.8, 4) is 0 Å². The number of hydrogen-bond acceptors (Lipinski definition) is 6. The highest BCUT2D eigenvalue weighted by atomic mass is 32.2. The Morgan fingerprint density at radius 2 is 1.95 bits per heavy atom. The molecule has 1 saturated heterocycles. The molecule has 7 heteroatoms. The highest BCUT2D eigenvalue weighted by Gasteiger charge is 2.50. The molecular weight excluding hydrogens is 302 g/mol. The van der Waals surface area contributed by atoms with E-state index in [1.165, 1.54) is 5.56 Å². The number of nitrogens with zero attached hydrogens (tertiary/aromatic N) is 2. The SMILES string of the molecule is O=S1(=O)CCC(Nc2nnc(C3(c4ccccc4)CC3)o2)C1. The van der Waals surface area contributed by atoms with Gasteiger partial charge in [0.2, 0.25) is 5.89 Å². The summed E-state index contributed by atoms with van der Waals surface area (Å²) >= 11 is 0. The van der Waals surface area contributed by atoms with Crippen LogP contribution in [0.15, 0.2) is 34.7 Å². The summed E-state index contributed by atoms with van der Waals surface area (Å²) in [5.74, 6) is 0.968. The lowest BCUT2D eigenvalue weighted by Crippen LogP contribution is -2.20. The molecule has 1 saturated carbocycles. The van der Waals surface area contributed by atoms with E-state index >= 15 is 0 Å². The topological polar surface area (TPSA) is 85.1 Å². The van der Waals surface area contributed by atoms with E-state index < -0.39 is 9.84 Å². The van der Waals surface area contributed by atoms with Crippen molar-refractivity contribution in [1.82, 2.24) is 10.2 Å². The van der Waals surface area contributed by atoms with Crippen LogP contribution in [0.2, 0.25) is 0 Å². The number of hydrogen-bond donors (Lipinski definition) is 1. The van der Waals surface area contributed by atoms with Crippen molar-refractivity contribution in [3.05, 3.63) is 41.8 Å². The van der Waals surface area contributed by atoms with Gasteiger partial charge in [-0.2, -0.15) is 0 Å². The summed E-state index contributed by atoms with van der Waals surface area (Å²) in [6.07, 6.45) is 2.58. The Kier molecular flexibility index (Phi) is 3.00. The lowest BCUT2D eigenvalue weighted by atomic mass is 9.96. The third kappa shape index (κ3) is 2.39. The zero-order chi connectivity index (χ0) is 15.2. The minimum Gasteiger partial charge on any atom is -0.407 e. The van der Waals surface area contributed by atoms with Gasteiger partial charge in [-0.15, -0.1) is 5.10 Å². The molecule has 6 nitrogen and oxygen atoms in total. The van der Waals surface area contributed by atoms with Crippen LogP contribution < -0.4 is 5.32 Å². The van der Waals surface area contributed by atoms with E-state index in [1.54, 1.807) is 0 Å². The lowest BCUT2D eigenvalue weighted by molar-refractivity contribution is 0.468. The van der Waals surface area contributed by atoms with Crippen LogP contribution in [0, 0.1) is 0 Å². The Balaban J connectivity index is 1.53. The minimum atomic E-state index is -2.92. The van der Waals surface area contributed by atoms with Gasteiger partial charge in [-0.25, -0.2) is 8.42 Å². The summed E-state index contributed by atoms with van der Waals surface area (Å²) < 4.78 is 28.7. The Hall–Kier alpha value is -1.89. The number of aromatic nitrogens is 2. The normalized spacial score (nSPS) is 25.0. The van der Waals surface area contributed by atoms with Crippen molar-refractivity contribution in [2.45, 2.75) is 30.7 Å². The van der Waals surface area contributed by atoms with Crippen molar-refractivity contribution in [1.29, 1.82) is 0 Å². The van der Waals surface area contributed by atoms with Crippen molar-refractivity contribution in [2.24, 2.45) is 0 Å². The van der Waals surface area contributed by atoms with Crippen LogP contribution >= 0.6 is 0 Å². The fraction of sp³-hybridized carbons (Fsp3) is 0.467. The molecule has 4 rings (SSSR count). The lowest BCUT2D eigenvalue weighted by Gasteiger charge is -2.10. The first-order valence-corrected chi connectivity index (χ1v) is 9.26. The van der Waals surface area contributed by atoms with Crippen LogP contribution in [0.4, 0.5) is 6.01 Å². The van der Waals surface area contributed by atoms with Crippen LogP contribution in [-0.4, -0.2) is 36.2 Å². The van der Waals surface area contributed by atoms with Gasteiger partial charge in [0.25, 0.3) is 0 Å². The van der Waals surface area contributed by atoms with Crippen LogP contribution in [0.1, 0.15) is 30.7 Å². The molecule has 1 aromatic carbocycles. The van der Waals surface area contributed by atoms with E-state index in [4.69, 9.17) is 4.42 Å². The number of benzene rings is 1. The molecule has 22 heavy (non-hydrogen) atoms. The highest BCUT2D eigenvalue weighted by Crippen LogP contribution is 2.53. The predicted octanol–water partition coefficient (Wildman–Crippen LogP) is 1.75. The van der Waals surface area contributed by atoms with Crippen molar-refractivity contribution in [2.75, 3.05) is 16.8 Å². The maximum Gasteiger partial charge on any atom is 0.315 e. The van der Waals surface area contributed by atoms with Gasteiger partial charge >= 0.3 is 6.01 Å². The molecule has 2 fully saturated rings. The Labute approximate surface area is 128 Å². The van der Waals surface area contributed by atoms with Crippen molar-refractivity contribution < 1.29 is 12.8 Å². The second-order valence-electron chi connectivity index (χ2n) is 6.10. The highest BCUT2D eigenvalue weighted by molar-refractivity contribution is 7.91. The molecule has 2 heterocycles. The fourth-order valence-electron chi connectivity index (χ4n) is 3.07. The van der Waals surface area contributed by atoms with Crippen molar-refractivity contribution >= 4 is 15.9 Å². The second kappa shape index (κ2) is 4.81. The smallest absolute Gasteiger partial charge is 0.315 e. The van der Waals surface area contributed by atoms with Crippen LogP contribution in [0.25, 0.3) is 0 Å². The molecule has 1 aliphatic carbocycles. The Morgan fingerprint density at radius 3 is 2.59 bits per heavy atom. The van der Waals surface area contributed by atoms with Crippen LogP contribution in [-0.2, 0) is 15.3 Å². The third-order valence-corrected chi connectivity index (χ3v) is 6.24.